The number of hydrogen-bond donors (Lipinski definition) is 1. The van der Waals surface area contributed by atoms with Gasteiger partial charge in [0.2, 0.25) is 11.8 Å². The molecule has 1 aromatic carbocycles. The molecule has 0 saturated carbocycles. The zero-order valence-corrected chi connectivity index (χ0v) is 14.9. The summed E-state index contributed by atoms with van der Waals surface area (Å²) in [6.07, 6.45) is 4.84. The Morgan fingerprint density at radius 2 is 1.73 bits per heavy atom. The van der Waals surface area contributed by atoms with Crippen molar-refractivity contribution in [2.45, 2.75) is 25.7 Å². The molecule has 0 spiro atoms. The Kier molecular flexibility index (Phi) is 5.71. The summed E-state index contributed by atoms with van der Waals surface area (Å²) in [5, 5.41) is 2.91. The standard InChI is InChI=1S/C20H25N3O3/c1-2-18(24)23-13-7-8-15(14-23)19(25)21-17-10-4-3-9-16(17)20(26)22-11-5-6-12-22/h2-4,9-10,15H,1,5-8,11-14H2,(H,21,25). The second-order valence-electron chi connectivity index (χ2n) is 6.86. The van der Waals surface area contributed by atoms with Crippen LogP contribution in [0.15, 0.2) is 36.9 Å². The van der Waals surface area contributed by atoms with Gasteiger partial charge in [-0.15, -0.1) is 0 Å². The SMILES string of the molecule is C=CC(=O)N1CCCC(C(=O)Nc2ccccc2C(=O)N2CCCC2)C1. The summed E-state index contributed by atoms with van der Waals surface area (Å²) in [7, 11) is 0. The Hall–Kier alpha value is -2.63. The van der Waals surface area contributed by atoms with E-state index in [4.69, 9.17) is 0 Å². The lowest BCUT2D eigenvalue weighted by Crippen LogP contribution is -2.43. The van der Waals surface area contributed by atoms with Crippen molar-refractivity contribution in [3.63, 3.8) is 0 Å². The van der Waals surface area contributed by atoms with Crippen molar-refractivity contribution < 1.29 is 14.4 Å². The Balaban J connectivity index is 1.70. The molecule has 138 valence electrons. The van der Waals surface area contributed by atoms with Gasteiger partial charge in [0.05, 0.1) is 17.2 Å². The summed E-state index contributed by atoms with van der Waals surface area (Å²) in [6.45, 7) is 6.08. The van der Waals surface area contributed by atoms with Crippen LogP contribution in [0.3, 0.4) is 0 Å². The van der Waals surface area contributed by atoms with Crippen LogP contribution >= 0.6 is 0 Å². The highest BCUT2D eigenvalue weighted by Gasteiger charge is 2.29. The van der Waals surface area contributed by atoms with Gasteiger partial charge in [-0.05, 0) is 43.9 Å². The van der Waals surface area contributed by atoms with Crippen LogP contribution in [0.25, 0.3) is 0 Å². The lowest BCUT2D eigenvalue weighted by molar-refractivity contribution is -0.130. The molecule has 1 atom stereocenters. The quantitative estimate of drug-likeness (QED) is 0.843. The Labute approximate surface area is 153 Å². The number of likely N-dealkylation sites (tertiary alicyclic amines) is 2. The summed E-state index contributed by atoms with van der Waals surface area (Å²) in [6, 6.07) is 7.14. The van der Waals surface area contributed by atoms with Gasteiger partial charge in [-0.3, -0.25) is 14.4 Å². The molecule has 2 saturated heterocycles. The summed E-state index contributed by atoms with van der Waals surface area (Å²) < 4.78 is 0. The Morgan fingerprint density at radius 1 is 1.04 bits per heavy atom. The van der Waals surface area contributed by atoms with Crippen LogP contribution in [0.1, 0.15) is 36.0 Å². The average molecular weight is 355 g/mol. The van der Waals surface area contributed by atoms with E-state index < -0.39 is 0 Å². The molecule has 0 bridgehead atoms. The van der Waals surface area contributed by atoms with Crippen molar-refractivity contribution >= 4 is 23.4 Å². The second-order valence-corrected chi connectivity index (χ2v) is 6.86. The van der Waals surface area contributed by atoms with Crippen LogP contribution in [0.2, 0.25) is 0 Å². The molecule has 0 aliphatic carbocycles. The lowest BCUT2D eigenvalue weighted by atomic mass is 9.96. The zero-order chi connectivity index (χ0) is 18.5. The summed E-state index contributed by atoms with van der Waals surface area (Å²) in [4.78, 5) is 40.7. The van der Waals surface area contributed by atoms with Gasteiger partial charge in [-0.2, -0.15) is 0 Å². The fourth-order valence-corrected chi connectivity index (χ4v) is 3.62. The molecule has 26 heavy (non-hydrogen) atoms. The first-order valence-electron chi connectivity index (χ1n) is 9.20. The van der Waals surface area contributed by atoms with Crippen LogP contribution in [-0.2, 0) is 9.59 Å². The third kappa shape index (κ3) is 3.95. The number of hydrogen-bond acceptors (Lipinski definition) is 3. The van der Waals surface area contributed by atoms with E-state index in [9.17, 15) is 14.4 Å². The highest BCUT2D eigenvalue weighted by Crippen LogP contribution is 2.23. The fraction of sp³-hybridized carbons (Fsp3) is 0.450. The molecule has 3 rings (SSSR count). The largest absolute Gasteiger partial charge is 0.339 e. The molecule has 3 amide bonds. The van der Waals surface area contributed by atoms with E-state index in [2.05, 4.69) is 11.9 Å². The van der Waals surface area contributed by atoms with Gasteiger partial charge in [0, 0.05) is 26.2 Å². The number of carbonyl (C=O) groups is 3. The van der Waals surface area contributed by atoms with E-state index in [-0.39, 0.29) is 23.6 Å². The number of benzene rings is 1. The molecule has 2 heterocycles. The number of amides is 3. The normalized spacial score (nSPS) is 19.9. The molecular weight excluding hydrogens is 330 g/mol. The predicted molar refractivity (Wildman–Crippen MR) is 99.7 cm³/mol. The molecule has 0 radical (unpaired) electrons. The van der Waals surface area contributed by atoms with E-state index in [0.29, 0.717) is 24.3 Å². The van der Waals surface area contributed by atoms with E-state index in [1.165, 1.54) is 6.08 Å². The van der Waals surface area contributed by atoms with Crippen molar-refractivity contribution in [2.24, 2.45) is 5.92 Å². The minimum absolute atomic E-state index is 0.0366. The molecule has 1 aromatic rings. The van der Waals surface area contributed by atoms with E-state index in [1.54, 1.807) is 17.0 Å². The number of nitrogens with zero attached hydrogens (tertiary/aromatic N) is 2. The maximum absolute atomic E-state index is 12.7. The molecule has 6 heteroatoms. The van der Waals surface area contributed by atoms with Gasteiger partial charge in [0.15, 0.2) is 0 Å². The third-order valence-electron chi connectivity index (χ3n) is 5.09. The first kappa shape index (κ1) is 18.2. The molecule has 2 fully saturated rings. The van der Waals surface area contributed by atoms with Crippen molar-refractivity contribution in [1.29, 1.82) is 0 Å². The Morgan fingerprint density at radius 3 is 2.46 bits per heavy atom. The van der Waals surface area contributed by atoms with Crippen molar-refractivity contribution in [3.8, 4) is 0 Å². The first-order valence-corrected chi connectivity index (χ1v) is 9.20. The number of nitrogens with one attached hydrogen (secondary N) is 1. The molecule has 2 aliphatic heterocycles. The third-order valence-corrected chi connectivity index (χ3v) is 5.09. The maximum atomic E-state index is 12.7. The first-order chi connectivity index (χ1) is 12.6. The highest BCUT2D eigenvalue weighted by molar-refractivity contribution is 6.04. The number of piperidine rings is 1. The smallest absolute Gasteiger partial charge is 0.255 e. The van der Waals surface area contributed by atoms with Crippen molar-refractivity contribution in [1.82, 2.24) is 9.80 Å². The number of carbonyl (C=O) groups excluding carboxylic acids is 3. The molecule has 6 nitrogen and oxygen atoms in total. The van der Waals surface area contributed by atoms with Crippen molar-refractivity contribution in [2.75, 3.05) is 31.5 Å². The zero-order valence-electron chi connectivity index (χ0n) is 14.9. The number of anilines is 1. The van der Waals surface area contributed by atoms with E-state index in [1.807, 2.05) is 17.0 Å². The van der Waals surface area contributed by atoms with Gasteiger partial charge in [0.25, 0.3) is 5.91 Å². The van der Waals surface area contributed by atoms with Gasteiger partial charge < -0.3 is 15.1 Å². The molecule has 1 N–H and O–H groups in total. The van der Waals surface area contributed by atoms with Crippen LogP contribution in [0, 0.1) is 5.92 Å². The van der Waals surface area contributed by atoms with Crippen molar-refractivity contribution in [3.05, 3.63) is 42.5 Å². The fourth-order valence-electron chi connectivity index (χ4n) is 3.62. The predicted octanol–water partition coefficient (Wildman–Crippen LogP) is 2.29. The number of para-hydroxylation sites is 1. The number of rotatable bonds is 4. The van der Waals surface area contributed by atoms with E-state index >= 15 is 0 Å². The van der Waals surface area contributed by atoms with Crippen LogP contribution in [-0.4, -0.2) is 53.7 Å². The second kappa shape index (κ2) is 8.17. The molecular formula is C20H25N3O3. The van der Waals surface area contributed by atoms with Crippen LogP contribution in [0.5, 0.6) is 0 Å². The maximum Gasteiger partial charge on any atom is 0.255 e. The van der Waals surface area contributed by atoms with Gasteiger partial charge in [0.1, 0.15) is 0 Å². The topological polar surface area (TPSA) is 69.7 Å². The lowest BCUT2D eigenvalue weighted by Gasteiger charge is -2.31. The van der Waals surface area contributed by atoms with Gasteiger partial charge in [-0.25, -0.2) is 0 Å². The monoisotopic (exact) mass is 355 g/mol. The van der Waals surface area contributed by atoms with Gasteiger partial charge in [-0.1, -0.05) is 18.7 Å². The molecule has 0 aromatic heterocycles. The van der Waals surface area contributed by atoms with Gasteiger partial charge >= 0.3 is 0 Å². The molecule has 2 aliphatic rings. The Bertz CT molecular complexity index is 710. The minimum Gasteiger partial charge on any atom is -0.339 e. The van der Waals surface area contributed by atoms with Crippen LogP contribution < -0.4 is 5.32 Å². The highest BCUT2D eigenvalue weighted by atomic mass is 16.2. The average Bonchev–Trinajstić information content (AvgIpc) is 3.22. The minimum atomic E-state index is -0.275. The summed E-state index contributed by atoms with van der Waals surface area (Å²) >= 11 is 0. The van der Waals surface area contributed by atoms with Crippen LogP contribution in [0.4, 0.5) is 5.69 Å². The summed E-state index contributed by atoms with van der Waals surface area (Å²) in [5.74, 6) is -0.603. The summed E-state index contributed by atoms with van der Waals surface area (Å²) in [5.41, 5.74) is 1.07. The van der Waals surface area contributed by atoms with E-state index in [0.717, 1.165) is 38.8 Å². The molecule has 1 unspecified atom stereocenters.